The standard InChI is InChI=1S/C25H24ClN3O2/c26-21-6-3-7-22(16-21)28-25(31)24(30)27-14-12-18-8-10-23(11-9-18)29-15-13-19-4-1-2-5-20(19)17-29/h1-11,16H,12-15,17H2,(H,27,30)(H,28,31). The molecule has 0 aliphatic carbocycles. The first-order chi connectivity index (χ1) is 15.1. The van der Waals surface area contributed by atoms with Crippen molar-refractivity contribution in [1.29, 1.82) is 0 Å². The second kappa shape index (κ2) is 9.67. The molecular formula is C25H24ClN3O2. The quantitative estimate of drug-likeness (QED) is 0.593. The number of amides is 2. The topological polar surface area (TPSA) is 61.4 Å². The van der Waals surface area contributed by atoms with Gasteiger partial charge in [-0.25, -0.2) is 0 Å². The fourth-order valence-corrected chi connectivity index (χ4v) is 3.93. The van der Waals surface area contributed by atoms with Crippen LogP contribution in [0.2, 0.25) is 5.02 Å². The van der Waals surface area contributed by atoms with Gasteiger partial charge in [0.15, 0.2) is 0 Å². The number of benzene rings is 3. The summed E-state index contributed by atoms with van der Waals surface area (Å²) in [6.07, 6.45) is 1.71. The maximum Gasteiger partial charge on any atom is 0.313 e. The molecule has 1 aliphatic rings. The summed E-state index contributed by atoms with van der Waals surface area (Å²) in [4.78, 5) is 26.4. The van der Waals surface area contributed by atoms with Crippen molar-refractivity contribution in [2.75, 3.05) is 23.3 Å². The van der Waals surface area contributed by atoms with Gasteiger partial charge in [0, 0.05) is 36.0 Å². The van der Waals surface area contributed by atoms with Crippen LogP contribution in [0.4, 0.5) is 11.4 Å². The maximum absolute atomic E-state index is 12.0. The highest BCUT2D eigenvalue weighted by atomic mass is 35.5. The van der Waals surface area contributed by atoms with Gasteiger partial charge in [0.2, 0.25) is 0 Å². The molecule has 31 heavy (non-hydrogen) atoms. The predicted octanol–water partition coefficient (Wildman–Crippen LogP) is 4.20. The second-order valence-corrected chi connectivity index (χ2v) is 8.01. The van der Waals surface area contributed by atoms with E-state index in [0.717, 1.165) is 25.1 Å². The summed E-state index contributed by atoms with van der Waals surface area (Å²) in [7, 11) is 0. The minimum Gasteiger partial charge on any atom is -0.367 e. The average Bonchev–Trinajstić information content (AvgIpc) is 2.79. The molecule has 0 spiro atoms. The molecule has 1 aliphatic heterocycles. The summed E-state index contributed by atoms with van der Waals surface area (Å²) in [5.74, 6) is -1.37. The van der Waals surface area contributed by atoms with Crippen LogP contribution in [0.3, 0.4) is 0 Å². The van der Waals surface area contributed by atoms with Gasteiger partial charge in [-0.2, -0.15) is 0 Å². The van der Waals surface area contributed by atoms with Crippen LogP contribution < -0.4 is 15.5 Å². The third-order valence-electron chi connectivity index (χ3n) is 5.42. The number of halogens is 1. The van der Waals surface area contributed by atoms with Crippen molar-refractivity contribution in [1.82, 2.24) is 5.32 Å². The third kappa shape index (κ3) is 5.44. The Morgan fingerprint density at radius 3 is 2.45 bits per heavy atom. The van der Waals surface area contributed by atoms with E-state index in [2.05, 4.69) is 64.1 Å². The van der Waals surface area contributed by atoms with Gasteiger partial charge in [-0.05, 0) is 59.9 Å². The molecule has 0 saturated carbocycles. The van der Waals surface area contributed by atoms with Crippen molar-refractivity contribution < 1.29 is 9.59 Å². The summed E-state index contributed by atoms with van der Waals surface area (Å²) < 4.78 is 0. The number of hydrogen-bond donors (Lipinski definition) is 2. The molecule has 6 heteroatoms. The molecule has 0 bridgehead atoms. The van der Waals surface area contributed by atoms with Gasteiger partial charge in [0.25, 0.3) is 0 Å². The van der Waals surface area contributed by atoms with E-state index in [1.807, 2.05) is 0 Å². The van der Waals surface area contributed by atoms with Crippen molar-refractivity contribution in [2.24, 2.45) is 0 Å². The predicted molar refractivity (Wildman–Crippen MR) is 124 cm³/mol. The highest BCUT2D eigenvalue weighted by Gasteiger charge is 2.16. The highest BCUT2D eigenvalue weighted by molar-refractivity contribution is 6.39. The lowest BCUT2D eigenvalue weighted by molar-refractivity contribution is -0.136. The van der Waals surface area contributed by atoms with Crippen molar-refractivity contribution in [3.8, 4) is 0 Å². The molecule has 5 nitrogen and oxygen atoms in total. The molecule has 1 heterocycles. The molecule has 2 N–H and O–H groups in total. The van der Waals surface area contributed by atoms with E-state index >= 15 is 0 Å². The highest BCUT2D eigenvalue weighted by Crippen LogP contribution is 2.24. The fourth-order valence-electron chi connectivity index (χ4n) is 3.74. The number of fused-ring (bicyclic) bond motifs is 1. The minimum absolute atomic E-state index is 0.387. The first-order valence-electron chi connectivity index (χ1n) is 10.3. The molecule has 0 radical (unpaired) electrons. The van der Waals surface area contributed by atoms with Gasteiger partial charge >= 0.3 is 11.8 Å². The van der Waals surface area contributed by atoms with Gasteiger partial charge in [-0.1, -0.05) is 54.1 Å². The normalized spacial score (nSPS) is 12.7. The number of hydrogen-bond acceptors (Lipinski definition) is 3. The molecule has 0 unspecified atom stereocenters. The Morgan fingerprint density at radius 1 is 0.903 bits per heavy atom. The van der Waals surface area contributed by atoms with Crippen molar-refractivity contribution in [3.63, 3.8) is 0 Å². The summed E-state index contributed by atoms with van der Waals surface area (Å²) >= 11 is 5.89. The Hall–Kier alpha value is -3.31. The maximum atomic E-state index is 12.0. The SMILES string of the molecule is O=C(NCCc1ccc(N2CCc3ccccc3C2)cc1)C(=O)Nc1cccc(Cl)c1. The average molecular weight is 434 g/mol. The first kappa shape index (κ1) is 20.9. The fraction of sp³-hybridized carbons (Fsp3) is 0.200. The Morgan fingerprint density at radius 2 is 1.68 bits per heavy atom. The van der Waals surface area contributed by atoms with Gasteiger partial charge in [-0.15, -0.1) is 0 Å². The molecule has 3 aromatic carbocycles. The molecule has 158 valence electrons. The number of anilines is 2. The molecule has 0 atom stereocenters. The van der Waals surface area contributed by atoms with Crippen LogP contribution in [-0.2, 0) is 29.0 Å². The van der Waals surface area contributed by atoms with Gasteiger partial charge in [0.05, 0.1) is 0 Å². The zero-order valence-corrected chi connectivity index (χ0v) is 17.9. The van der Waals surface area contributed by atoms with Crippen molar-refractivity contribution in [3.05, 3.63) is 94.5 Å². The van der Waals surface area contributed by atoms with E-state index in [1.54, 1.807) is 24.3 Å². The minimum atomic E-state index is -0.706. The second-order valence-electron chi connectivity index (χ2n) is 7.58. The molecule has 0 aromatic heterocycles. The van der Waals surface area contributed by atoms with Crippen LogP contribution in [0.5, 0.6) is 0 Å². The monoisotopic (exact) mass is 433 g/mol. The number of carbonyl (C=O) groups excluding carboxylic acids is 2. The molecular weight excluding hydrogens is 410 g/mol. The molecule has 3 aromatic rings. The van der Waals surface area contributed by atoms with Crippen LogP contribution in [0, 0.1) is 0 Å². The Labute approximate surface area is 187 Å². The van der Waals surface area contributed by atoms with Crippen LogP contribution in [-0.4, -0.2) is 24.9 Å². The lowest BCUT2D eigenvalue weighted by Crippen LogP contribution is -2.36. The zero-order valence-electron chi connectivity index (χ0n) is 17.1. The zero-order chi connectivity index (χ0) is 21.6. The molecule has 0 saturated heterocycles. The van der Waals surface area contributed by atoms with Gasteiger partial charge < -0.3 is 15.5 Å². The van der Waals surface area contributed by atoms with Crippen molar-refractivity contribution >= 4 is 34.8 Å². The Bertz CT molecular complexity index is 1080. The van der Waals surface area contributed by atoms with E-state index in [9.17, 15) is 9.59 Å². The van der Waals surface area contributed by atoms with Gasteiger partial charge in [-0.3, -0.25) is 9.59 Å². The van der Waals surface area contributed by atoms with Crippen LogP contribution in [0.15, 0.2) is 72.8 Å². The van der Waals surface area contributed by atoms with E-state index in [0.29, 0.717) is 23.7 Å². The number of carbonyl (C=O) groups is 2. The van der Waals surface area contributed by atoms with Crippen LogP contribution in [0.1, 0.15) is 16.7 Å². The lowest BCUT2D eigenvalue weighted by atomic mass is 9.99. The van der Waals surface area contributed by atoms with Crippen molar-refractivity contribution in [2.45, 2.75) is 19.4 Å². The lowest BCUT2D eigenvalue weighted by Gasteiger charge is -2.30. The third-order valence-corrected chi connectivity index (χ3v) is 5.66. The smallest absolute Gasteiger partial charge is 0.313 e. The summed E-state index contributed by atoms with van der Waals surface area (Å²) in [6.45, 7) is 2.32. The largest absolute Gasteiger partial charge is 0.367 e. The van der Waals surface area contributed by atoms with E-state index in [4.69, 9.17) is 11.6 Å². The summed E-state index contributed by atoms with van der Waals surface area (Å²) in [5.41, 5.74) is 5.62. The number of nitrogens with one attached hydrogen (secondary N) is 2. The summed E-state index contributed by atoms with van der Waals surface area (Å²) in [5, 5.41) is 5.70. The van der Waals surface area contributed by atoms with Gasteiger partial charge in [0.1, 0.15) is 0 Å². The first-order valence-corrected chi connectivity index (χ1v) is 10.7. The molecule has 0 fully saturated rings. The van der Waals surface area contributed by atoms with E-state index < -0.39 is 11.8 Å². The molecule has 4 rings (SSSR count). The Kier molecular flexibility index (Phi) is 6.53. The van der Waals surface area contributed by atoms with E-state index in [1.165, 1.54) is 16.8 Å². The van der Waals surface area contributed by atoms with Crippen LogP contribution >= 0.6 is 11.6 Å². The van der Waals surface area contributed by atoms with Crippen LogP contribution in [0.25, 0.3) is 0 Å². The molecule has 2 amide bonds. The number of nitrogens with zero attached hydrogens (tertiary/aromatic N) is 1. The Balaban J connectivity index is 1.25. The summed E-state index contributed by atoms with van der Waals surface area (Å²) in [6, 6.07) is 23.7. The van der Waals surface area contributed by atoms with E-state index in [-0.39, 0.29) is 0 Å². The number of rotatable bonds is 5.